The lowest BCUT2D eigenvalue weighted by atomic mass is 10.2. The van der Waals surface area contributed by atoms with Gasteiger partial charge in [0.15, 0.2) is 0 Å². The molecule has 0 radical (unpaired) electrons. The topological polar surface area (TPSA) is 90.0 Å². The van der Waals surface area contributed by atoms with E-state index in [1.165, 1.54) is 4.68 Å². The van der Waals surface area contributed by atoms with Gasteiger partial charge in [-0.15, -0.1) is 0 Å². The minimum atomic E-state index is -0.393. The number of anilines is 1. The molecule has 94 valence electrons. The Morgan fingerprint density at radius 1 is 1.71 bits per heavy atom. The van der Waals surface area contributed by atoms with Gasteiger partial charge in [0.2, 0.25) is 5.91 Å². The summed E-state index contributed by atoms with van der Waals surface area (Å²) in [4.78, 5) is 22.5. The van der Waals surface area contributed by atoms with Gasteiger partial charge in [-0.25, -0.2) is 4.68 Å². The molecule has 0 fully saturated rings. The molecule has 0 aliphatic rings. The molecule has 6 nitrogen and oxygen atoms in total. The van der Waals surface area contributed by atoms with Crippen molar-refractivity contribution in [1.29, 1.82) is 0 Å². The van der Waals surface area contributed by atoms with Crippen LogP contribution >= 0.6 is 15.9 Å². The van der Waals surface area contributed by atoms with Crippen molar-refractivity contribution in [2.24, 2.45) is 5.73 Å². The summed E-state index contributed by atoms with van der Waals surface area (Å²) >= 11 is 3.21. The van der Waals surface area contributed by atoms with Crippen LogP contribution in [0.1, 0.15) is 20.3 Å². The largest absolute Gasteiger partial charge is 0.380 e. The van der Waals surface area contributed by atoms with Crippen LogP contribution in [0.25, 0.3) is 0 Å². The van der Waals surface area contributed by atoms with Crippen molar-refractivity contribution in [3.8, 4) is 0 Å². The first kappa shape index (κ1) is 13.7. The lowest BCUT2D eigenvalue weighted by molar-refractivity contribution is -0.118. The van der Waals surface area contributed by atoms with E-state index in [9.17, 15) is 9.59 Å². The first-order valence-electron chi connectivity index (χ1n) is 5.26. The smallest absolute Gasteiger partial charge is 0.283 e. The van der Waals surface area contributed by atoms with Crippen LogP contribution < -0.4 is 16.6 Å². The van der Waals surface area contributed by atoms with Gasteiger partial charge < -0.3 is 11.1 Å². The number of nitrogens with two attached hydrogens (primary N) is 1. The molecule has 0 bridgehead atoms. The molecule has 0 saturated carbocycles. The first-order chi connectivity index (χ1) is 7.95. The fourth-order valence-corrected chi connectivity index (χ4v) is 1.83. The minimum Gasteiger partial charge on any atom is -0.380 e. The van der Waals surface area contributed by atoms with E-state index in [1.54, 1.807) is 6.20 Å². The Morgan fingerprint density at radius 2 is 2.35 bits per heavy atom. The summed E-state index contributed by atoms with van der Waals surface area (Å²) in [7, 11) is 0. The number of amides is 1. The van der Waals surface area contributed by atoms with Crippen LogP contribution in [0.2, 0.25) is 0 Å². The van der Waals surface area contributed by atoms with Crippen molar-refractivity contribution in [1.82, 2.24) is 9.78 Å². The third-order valence-corrected chi connectivity index (χ3v) is 2.96. The molecule has 17 heavy (non-hydrogen) atoms. The molecule has 0 saturated heterocycles. The zero-order valence-corrected chi connectivity index (χ0v) is 11.3. The monoisotopic (exact) mass is 302 g/mol. The Balaban J connectivity index is 2.90. The molecule has 1 unspecified atom stereocenters. The first-order valence-corrected chi connectivity index (χ1v) is 6.05. The van der Waals surface area contributed by atoms with Gasteiger partial charge >= 0.3 is 0 Å². The van der Waals surface area contributed by atoms with Crippen molar-refractivity contribution < 1.29 is 4.79 Å². The Hall–Kier alpha value is -1.37. The Labute approximate surface area is 107 Å². The number of carbonyl (C=O) groups is 1. The third-order valence-electron chi connectivity index (χ3n) is 2.19. The number of halogens is 1. The van der Waals surface area contributed by atoms with Crippen molar-refractivity contribution >= 4 is 27.5 Å². The number of rotatable bonds is 5. The highest BCUT2D eigenvalue weighted by Gasteiger charge is 2.11. The molecule has 1 atom stereocenters. The highest BCUT2D eigenvalue weighted by Crippen LogP contribution is 2.17. The summed E-state index contributed by atoms with van der Waals surface area (Å²) in [5.41, 5.74) is 5.45. The van der Waals surface area contributed by atoms with E-state index >= 15 is 0 Å². The van der Waals surface area contributed by atoms with E-state index in [2.05, 4.69) is 26.3 Å². The van der Waals surface area contributed by atoms with Crippen LogP contribution in [-0.2, 0) is 11.3 Å². The van der Waals surface area contributed by atoms with E-state index in [4.69, 9.17) is 5.73 Å². The standard InChI is InChI=1S/C10H15BrN4O2/c1-3-15-10(17)9(11)7(5-13-15)14-6(2)4-8(12)16/h5-6,14H,3-4H2,1-2H3,(H2,12,16). The van der Waals surface area contributed by atoms with Gasteiger partial charge in [-0.2, -0.15) is 5.10 Å². The second-order valence-electron chi connectivity index (χ2n) is 3.71. The van der Waals surface area contributed by atoms with Crippen molar-refractivity contribution in [3.63, 3.8) is 0 Å². The van der Waals surface area contributed by atoms with E-state index in [0.29, 0.717) is 16.7 Å². The molecule has 1 aromatic heterocycles. The summed E-state index contributed by atoms with van der Waals surface area (Å²) in [6, 6.07) is -0.150. The molecule has 1 aromatic rings. The van der Waals surface area contributed by atoms with Crippen molar-refractivity contribution in [2.75, 3.05) is 5.32 Å². The lowest BCUT2D eigenvalue weighted by Crippen LogP contribution is -2.27. The molecule has 7 heteroatoms. The average Bonchev–Trinajstić information content (AvgIpc) is 2.24. The van der Waals surface area contributed by atoms with Crippen LogP contribution in [0.15, 0.2) is 15.5 Å². The van der Waals surface area contributed by atoms with Crippen molar-refractivity contribution in [2.45, 2.75) is 32.9 Å². The number of primary amides is 1. The lowest BCUT2D eigenvalue weighted by Gasteiger charge is -2.14. The number of nitrogens with zero attached hydrogens (tertiary/aromatic N) is 2. The van der Waals surface area contributed by atoms with Gasteiger partial charge in [0.05, 0.1) is 11.9 Å². The normalized spacial score (nSPS) is 12.2. The third kappa shape index (κ3) is 3.55. The summed E-state index contributed by atoms with van der Waals surface area (Å²) < 4.78 is 1.75. The Bertz CT molecular complexity index is 472. The molecule has 3 N–H and O–H groups in total. The van der Waals surface area contributed by atoms with Crippen LogP contribution in [0.4, 0.5) is 5.69 Å². The van der Waals surface area contributed by atoms with Gasteiger partial charge in [0, 0.05) is 19.0 Å². The Morgan fingerprint density at radius 3 is 2.88 bits per heavy atom. The van der Waals surface area contributed by atoms with Gasteiger partial charge in [-0.3, -0.25) is 9.59 Å². The van der Waals surface area contributed by atoms with E-state index in [0.717, 1.165) is 0 Å². The molecule has 0 spiro atoms. The number of nitrogens with one attached hydrogen (secondary N) is 1. The predicted molar refractivity (Wildman–Crippen MR) is 68.8 cm³/mol. The van der Waals surface area contributed by atoms with Crippen molar-refractivity contribution in [3.05, 3.63) is 21.0 Å². The molecular weight excluding hydrogens is 288 g/mol. The molecule has 1 rings (SSSR count). The number of carbonyl (C=O) groups excluding carboxylic acids is 1. The van der Waals surface area contributed by atoms with Crippen LogP contribution in [-0.4, -0.2) is 21.7 Å². The fourth-order valence-electron chi connectivity index (χ4n) is 1.41. The summed E-state index contributed by atoms with van der Waals surface area (Å²) in [6.45, 7) is 4.15. The molecule has 1 amide bonds. The maximum Gasteiger partial charge on any atom is 0.283 e. The predicted octanol–water partition coefficient (Wildman–Crippen LogP) is 0.702. The Kier molecular flexibility index (Phi) is 4.68. The number of hydrogen-bond donors (Lipinski definition) is 2. The quantitative estimate of drug-likeness (QED) is 0.838. The number of aromatic nitrogens is 2. The maximum atomic E-state index is 11.7. The fraction of sp³-hybridized carbons (Fsp3) is 0.500. The number of hydrogen-bond acceptors (Lipinski definition) is 4. The average molecular weight is 303 g/mol. The van der Waals surface area contributed by atoms with Crippen LogP contribution in [0, 0.1) is 0 Å². The SMILES string of the molecule is CCn1ncc(NC(C)CC(N)=O)c(Br)c1=O. The molecule has 1 heterocycles. The molecular formula is C10H15BrN4O2. The van der Waals surface area contributed by atoms with E-state index in [-0.39, 0.29) is 18.0 Å². The summed E-state index contributed by atoms with van der Waals surface area (Å²) in [5.74, 6) is -0.393. The zero-order valence-electron chi connectivity index (χ0n) is 9.74. The maximum absolute atomic E-state index is 11.7. The molecule has 0 aromatic carbocycles. The van der Waals surface area contributed by atoms with Crippen LogP contribution in [0.3, 0.4) is 0 Å². The zero-order chi connectivity index (χ0) is 13.0. The van der Waals surface area contributed by atoms with E-state index < -0.39 is 5.91 Å². The van der Waals surface area contributed by atoms with Crippen LogP contribution in [0.5, 0.6) is 0 Å². The molecule has 0 aliphatic heterocycles. The van der Waals surface area contributed by atoms with Gasteiger partial charge in [0.1, 0.15) is 4.47 Å². The highest BCUT2D eigenvalue weighted by atomic mass is 79.9. The second-order valence-corrected chi connectivity index (χ2v) is 4.50. The highest BCUT2D eigenvalue weighted by molar-refractivity contribution is 9.10. The summed E-state index contributed by atoms with van der Waals surface area (Å²) in [5, 5.41) is 7.00. The van der Waals surface area contributed by atoms with Gasteiger partial charge in [-0.1, -0.05) is 0 Å². The molecule has 0 aliphatic carbocycles. The minimum absolute atomic E-state index is 0.150. The number of aryl methyl sites for hydroxylation is 1. The van der Waals surface area contributed by atoms with E-state index in [1.807, 2.05) is 13.8 Å². The van der Waals surface area contributed by atoms with Gasteiger partial charge in [-0.05, 0) is 29.8 Å². The van der Waals surface area contributed by atoms with Gasteiger partial charge in [0.25, 0.3) is 5.56 Å². The second kappa shape index (κ2) is 5.81. The summed E-state index contributed by atoms with van der Waals surface area (Å²) in [6.07, 6.45) is 1.75.